The second-order valence-electron chi connectivity index (χ2n) is 5.94. The Morgan fingerprint density at radius 2 is 2.00 bits per heavy atom. The van der Waals surface area contributed by atoms with Gasteiger partial charge in [-0.1, -0.05) is 29.8 Å². The number of halogens is 1. The number of pyridine rings is 2. The van der Waals surface area contributed by atoms with Crippen LogP contribution in [-0.2, 0) is 0 Å². The van der Waals surface area contributed by atoms with E-state index in [9.17, 15) is 0 Å². The van der Waals surface area contributed by atoms with E-state index in [-0.39, 0.29) is 0 Å². The molecule has 0 atom stereocenters. The predicted octanol–water partition coefficient (Wildman–Crippen LogP) is 4.60. The van der Waals surface area contributed by atoms with Gasteiger partial charge in [-0.3, -0.25) is 9.83 Å². The van der Waals surface area contributed by atoms with Crippen molar-refractivity contribution < 1.29 is 0 Å². The van der Waals surface area contributed by atoms with Crippen molar-refractivity contribution in [2.75, 3.05) is 5.43 Å². The number of anilines is 1. The van der Waals surface area contributed by atoms with Crippen LogP contribution in [0.4, 0.5) is 5.82 Å². The average Bonchev–Trinajstić information content (AvgIpc) is 2.91. The third-order valence-corrected chi connectivity index (χ3v) is 4.32. The van der Waals surface area contributed by atoms with Gasteiger partial charge in [-0.15, -0.1) is 0 Å². The Hall–Kier alpha value is -2.92. The number of nitrogens with zero attached hydrogens (tertiary/aromatic N) is 4. The first-order chi connectivity index (χ1) is 12.1. The van der Waals surface area contributed by atoms with Crippen LogP contribution in [0.15, 0.2) is 53.8 Å². The maximum atomic E-state index is 6.21. The van der Waals surface area contributed by atoms with Gasteiger partial charge in [-0.25, -0.2) is 9.97 Å². The van der Waals surface area contributed by atoms with Crippen LogP contribution >= 0.6 is 11.6 Å². The number of imidazole rings is 1. The van der Waals surface area contributed by atoms with E-state index in [1.165, 1.54) is 5.56 Å². The SMILES string of the molecule is Cc1ccc2cc(C)c(N/N=C\c3c(Cl)nc4ccccn34)nc2c1. The van der Waals surface area contributed by atoms with E-state index in [1.54, 1.807) is 6.21 Å². The molecule has 4 rings (SSSR count). The smallest absolute Gasteiger partial charge is 0.157 e. The number of aryl methyl sites for hydroxylation is 2. The van der Waals surface area contributed by atoms with Crippen molar-refractivity contribution in [1.82, 2.24) is 14.4 Å². The van der Waals surface area contributed by atoms with Gasteiger partial charge in [0, 0.05) is 11.6 Å². The number of hydrogen-bond donors (Lipinski definition) is 1. The topological polar surface area (TPSA) is 54.6 Å². The molecule has 0 aliphatic heterocycles. The van der Waals surface area contributed by atoms with Crippen molar-refractivity contribution in [3.8, 4) is 0 Å². The quantitative estimate of drug-likeness (QED) is 0.434. The molecule has 0 saturated carbocycles. The molecule has 0 radical (unpaired) electrons. The van der Waals surface area contributed by atoms with Gasteiger partial charge in [0.1, 0.15) is 17.2 Å². The fraction of sp³-hybridized carbons (Fsp3) is 0.105. The van der Waals surface area contributed by atoms with Gasteiger partial charge in [0.2, 0.25) is 0 Å². The molecule has 0 amide bonds. The summed E-state index contributed by atoms with van der Waals surface area (Å²) >= 11 is 6.21. The number of benzene rings is 1. The number of hydrogen-bond acceptors (Lipinski definition) is 4. The fourth-order valence-corrected chi connectivity index (χ4v) is 2.98. The first-order valence-electron chi connectivity index (χ1n) is 7.91. The number of aromatic nitrogens is 3. The van der Waals surface area contributed by atoms with Gasteiger partial charge < -0.3 is 0 Å². The molecule has 0 unspecified atom stereocenters. The predicted molar refractivity (Wildman–Crippen MR) is 103 cm³/mol. The minimum atomic E-state index is 0.413. The molecule has 124 valence electrons. The van der Waals surface area contributed by atoms with E-state index in [4.69, 9.17) is 11.6 Å². The minimum absolute atomic E-state index is 0.413. The summed E-state index contributed by atoms with van der Waals surface area (Å²) in [5, 5.41) is 5.83. The normalized spacial score (nSPS) is 11.6. The molecule has 6 heteroatoms. The van der Waals surface area contributed by atoms with Gasteiger partial charge in [0.15, 0.2) is 5.15 Å². The Bertz CT molecular complexity index is 1110. The highest BCUT2D eigenvalue weighted by Crippen LogP contribution is 2.21. The Morgan fingerprint density at radius 3 is 2.88 bits per heavy atom. The van der Waals surface area contributed by atoms with E-state index >= 15 is 0 Å². The molecule has 0 aliphatic carbocycles. The first-order valence-corrected chi connectivity index (χ1v) is 8.29. The maximum absolute atomic E-state index is 6.21. The van der Waals surface area contributed by atoms with Crippen LogP contribution in [-0.4, -0.2) is 20.6 Å². The number of rotatable bonds is 3. The van der Waals surface area contributed by atoms with E-state index in [1.807, 2.05) is 35.7 Å². The van der Waals surface area contributed by atoms with Crippen LogP contribution in [0.3, 0.4) is 0 Å². The number of hydrazone groups is 1. The fourth-order valence-electron chi connectivity index (χ4n) is 2.75. The summed E-state index contributed by atoms with van der Waals surface area (Å²) in [5.41, 5.74) is 7.66. The highest BCUT2D eigenvalue weighted by Gasteiger charge is 2.07. The summed E-state index contributed by atoms with van der Waals surface area (Å²) in [4.78, 5) is 8.96. The Morgan fingerprint density at radius 1 is 1.12 bits per heavy atom. The van der Waals surface area contributed by atoms with Crippen LogP contribution in [0.25, 0.3) is 16.6 Å². The lowest BCUT2D eigenvalue weighted by Crippen LogP contribution is -1.98. The molecule has 5 nitrogen and oxygen atoms in total. The molecule has 0 bridgehead atoms. The van der Waals surface area contributed by atoms with E-state index in [0.717, 1.165) is 33.6 Å². The van der Waals surface area contributed by atoms with Crippen LogP contribution in [0.2, 0.25) is 5.15 Å². The minimum Gasteiger partial charge on any atom is -0.297 e. The molecular formula is C19H16ClN5. The van der Waals surface area contributed by atoms with Crippen molar-refractivity contribution in [2.45, 2.75) is 13.8 Å². The number of nitrogens with one attached hydrogen (secondary N) is 1. The second kappa shape index (κ2) is 6.18. The standard InChI is InChI=1S/C19H16ClN5/c1-12-6-7-14-10-13(2)19(22-15(14)9-12)24-21-11-16-18(20)23-17-5-3-4-8-25(16)17/h3-11H,1-2H3,(H,22,24)/b21-11-. The summed E-state index contributed by atoms with van der Waals surface area (Å²) in [7, 11) is 0. The third-order valence-electron chi connectivity index (χ3n) is 4.04. The molecule has 3 heterocycles. The molecule has 0 aliphatic rings. The van der Waals surface area contributed by atoms with Crippen LogP contribution in [0.1, 0.15) is 16.8 Å². The highest BCUT2D eigenvalue weighted by atomic mass is 35.5. The molecule has 25 heavy (non-hydrogen) atoms. The molecule has 4 aromatic rings. The van der Waals surface area contributed by atoms with E-state index in [0.29, 0.717) is 5.15 Å². The van der Waals surface area contributed by atoms with Crippen molar-refractivity contribution in [1.29, 1.82) is 0 Å². The van der Waals surface area contributed by atoms with E-state index in [2.05, 4.69) is 51.7 Å². The van der Waals surface area contributed by atoms with Crippen LogP contribution < -0.4 is 5.43 Å². The first kappa shape index (κ1) is 15.6. The van der Waals surface area contributed by atoms with E-state index < -0.39 is 0 Å². The van der Waals surface area contributed by atoms with Gasteiger partial charge in [-0.2, -0.15) is 5.10 Å². The summed E-state index contributed by atoms with van der Waals surface area (Å²) in [6.45, 7) is 4.06. The lowest BCUT2D eigenvalue weighted by Gasteiger charge is -2.07. The van der Waals surface area contributed by atoms with Crippen molar-refractivity contribution in [3.05, 3.63) is 70.6 Å². The van der Waals surface area contributed by atoms with Gasteiger partial charge >= 0.3 is 0 Å². The van der Waals surface area contributed by atoms with Crippen molar-refractivity contribution >= 4 is 40.2 Å². The molecule has 1 aromatic carbocycles. The lowest BCUT2D eigenvalue weighted by atomic mass is 10.1. The van der Waals surface area contributed by atoms with Crippen LogP contribution in [0, 0.1) is 13.8 Å². The average molecular weight is 350 g/mol. The van der Waals surface area contributed by atoms with Gasteiger partial charge in [0.05, 0.1) is 11.7 Å². The molecule has 3 aromatic heterocycles. The monoisotopic (exact) mass is 349 g/mol. The lowest BCUT2D eigenvalue weighted by molar-refractivity contribution is 1.16. The van der Waals surface area contributed by atoms with Crippen molar-refractivity contribution in [3.63, 3.8) is 0 Å². The second-order valence-corrected chi connectivity index (χ2v) is 6.29. The largest absolute Gasteiger partial charge is 0.297 e. The summed E-state index contributed by atoms with van der Waals surface area (Å²) < 4.78 is 1.89. The Labute approximate surface area is 150 Å². The number of fused-ring (bicyclic) bond motifs is 2. The molecule has 0 saturated heterocycles. The van der Waals surface area contributed by atoms with Crippen LogP contribution in [0.5, 0.6) is 0 Å². The van der Waals surface area contributed by atoms with Crippen molar-refractivity contribution in [2.24, 2.45) is 5.10 Å². The maximum Gasteiger partial charge on any atom is 0.157 e. The molecule has 0 spiro atoms. The zero-order valence-corrected chi connectivity index (χ0v) is 14.6. The zero-order chi connectivity index (χ0) is 17.4. The third kappa shape index (κ3) is 2.94. The highest BCUT2D eigenvalue weighted by molar-refractivity contribution is 6.32. The van der Waals surface area contributed by atoms with Gasteiger partial charge in [0.25, 0.3) is 0 Å². The summed E-state index contributed by atoms with van der Waals surface area (Å²) in [6, 6.07) is 14.1. The zero-order valence-electron chi connectivity index (χ0n) is 13.9. The van der Waals surface area contributed by atoms with Gasteiger partial charge in [-0.05, 0) is 49.2 Å². The summed E-state index contributed by atoms with van der Waals surface area (Å²) in [5.74, 6) is 0.722. The molecular weight excluding hydrogens is 334 g/mol. The molecule has 0 fully saturated rings. The Balaban J connectivity index is 1.66. The Kier molecular flexibility index (Phi) is 3.86. The summed E-state index contributed by atoms with van der Waals surface area (Å²) in [6.07, 6.45) is 3.56. The molecule has 1 N–H and O–H groups in total.